The van der Waals surface area contributed by atoms with Crippen molar-refractivity contribution in [2.45, 2.75) is 6.92 Å². The van der Waals surface area contributed by atoms with Crippen molar-refractivity contribution in [2.75, 3.05) is 0 Å². The van der Waals surface area contributed by atoms with Crippen molar-refractivity contribution in [1.29, 1.82) is 0 Å². The van der Waals surface area contributed by atoms with E-state index in [4.69, 9.17) is 11.6 Å². The molecule has 2 aromatic carbocycles. The average molecular weight is 291 g/mol. The van der Waals surface area contributed by atoms with E-state index in [1.807, 2.05) is 25.1 Å². The van der Waals surface area contributed by atoms with Crippen molar-refractivity contribution >= 4 is 29.2 Å². The monoisotopic (exact) mass is 290 g/mol. The quantitative estimate of drug-likeness (QED) is 0.527. The predicted octanol–water partition coefficient (Wildman–Crippen LogP) is 4.01. The van der Waals surface area contributed by atoms with E-state index in [2.05, 4.69) is 4.99 Å². The van der Waals surface area contributed by atoms with Gasteiger partial charge in [-0.25, -0.2) is 0 Å². The molecule has 2 rings (SSSR count). The maximum absolute atomic E-state index is 10.8. The second-order valence-electron chi connectivity index (χ2n) is 4.22. The number of aryl methyl sites for hydroxylation is 1. The lowest BCUT2D eigenvalue weighted by Crippen LogP contribution is -1.92. The van der Waals surface area contributed by atoms with Crippen molar-refractivity contribution in [1.82, 2.24) is 0 Å². The van der Waals surface area contributed by atoms with Crippen LogP contribution < -0.4 is 0 Å². The fraction of sp³-hybridized carbons (Fsp3) is 0.0714. The smallest absolute Gasteiger partial charge is 0.312 e. The Labute approximate surface area is 120 Å². The van der Waals surface area contributed by atoms with Crippen LogP contribution >= 0.6 is 11.6 Å². The van der Waals surface area contributed by atoms with Gasteiger partial charge in [-0.1, -0.05) is 23.7 Å². The summed E-state index contributed by atoms with van der Waals surface area (Å²) in [5.74, 6) is -0.448. The van der Waals surface area contributed by atoms with Crippen LogP contribution in [0.15, 0.2) is 41.4 Å². The molecule has 0 saturated carbocycles. The van der Waals surface area contributed by atoms with E-state index in [0.717, 1.165) is 11.6 Å². The van der Waals surface area contributed by atoms with Gasteiger partial charge in [0.25, 0.3) is 0 Å². The van der Waals surface area contributed by atoms with Crippen molar-refractivity contribution < 1.29 is 10.0 Å². The van der Waals surface area contributed by atoms with Crippen LogP contribution in [0.2, 0.25) is 5.02 Å². The van der Waals surface area contributed by atoms with E-state index in [1.165, 1.54) is 12.3 Å². The molecule has 0 unspecified atom stereocenters. The molecule has 20 heavy (non-hydrogen) atoms. The molecule has 0 fully saturated rings. The summed E-state index contributed by atoms with van der Waals surface area (Å²) in [6.45, 7) is 1.93. The highest BCUT2D eigenvalue weighted by Gasteiger charge is 2.17. The molecule has 0 spiro atoms. The fourth-order valence-electron chi connectivity index (χ4n) is 1.70. The molecule has 1 N–H and O–H groups in total. The Morgan fingerprint density at radius 2 is 2.10 bits per heavy atom. The minimum Gasteiger partial charge on any atom is -0.502 e. The Morgan fingerprint density at radius 3 is 2.75 bits per heavy atom. The fourth-order valence-corrected chi connectivity index (χ4v) is 1.92. The van der Waals surface area contributed by atoms with Gasteiger partial charge in [0.2, 0.25) is 5.75 Å². The maximum atomic E-state index is 10.8. The number of rotatable bonds is 3. The Hall–Kier alpha value is -2.40. The van der Waals surface area contributed by atoms with Crippen LogP contribution in [0.1, 0.15) is 11.1 Å². The Kier molecular flexibility index (Phi) is 4.00. The van der Waals surface area contributed by atoms with E-state index in [0.29, 0.717) is 5.69 Å². The summed E-state index contributed by atoms with van der Waals surface area (Å²) in [7, 11) is 0. The molecule has 0 radical (unpaired) electrons. The van der Waals surface area contributed by atoms with Crippen molar-refractivity contribution in [3.63, 3.8) is 0 Å². The Balaban J connectivity index is 2.41. The summed E-state index contributed by atoms with van der Waals surface area (Å²) >= 11 is 5.80. The highest BCUT2D eigenvalue weighted by molar-refractivity contribution is 6.31. The number of phenols is 1. The molecular weight excluding hydrogens is 280 g/mol. The van der Waals surface area contributed by atoms with Gasteiger partial charge in [-0.2, -0.15) is 0 Å². The molecule has 0 aromatic heterocycles. The molecule has 2 aromatic rings. The van der Waals surface area contributed by atoms with E-state index >= 15 is 0 Å². The van der Waals surface area contributed by atoms with Crippen molar-refractivity contribution in [2.24, 2.45) is 4.99 Å². The second kappa shape index (κ2) is 5.71. The normalized spacial score (nSPS) is 10.9. The van der Waals surface area contributed by atoms with Gasteiger partial charge in [0, 0.05) is 22.9 Å². The first-order valence-electron chi connectivity index (χ1n) is 5.75. The van der Waals surface area contributed by atoms with Gasteiger partial charge in [-0.05, 0) is 30.7 Å². The van der Waals surface area contributed by atoms with Gasteiger partial charge in [-0.3, -0.25) is 15.1 Å². The third-order valence-electron chi connectivity index (χ3n) is 2.64. The minimum atomic E-state index is -0.689. The number of nitro benzene ring substituents is 1. The Bertz CT molecular complexity index is 699. The molecule has 0 bridgehead atoms. The predicted molar refractivity (Wildman–Crippen MR) is 78.2 cm³/mol. The molecule has 5 nitrogen and oxygen atoms in total. The molecule has 0 aliphatic heterocycles. The van der Waals surface area contributed by atoms with Crippen LogP contribution in [-0.2, 0) is 0 Å². The van der Waals surface area contributed by atoms with Crippen molar-refractivity contribution in [3.05, 3.63) is 62.7 Å². The first kappa shape index (κ1) is 14.0. The molecule has 6 heteroatoms. The number of nitrogens with zero attached hydrogens (tertiary/aromatic N) is 2. The molecule has 0 heterocycles. The van der Waals surface area contributed by atoms with Crippen LogP contribution in [0.3, 0.4) is 0 Å². The lowest BCUT2D eigenvalue weighted by molar-refractivity contribution is -0.385. The van der Waals surface area contributed by atoms with Crippen LogP contribution in [-0.4, -0.2) is 16.2 Å². The largest absolute Gasteiger partial charge is 0.502 e. The summed E-state index contributed by atoms with van der Waals surface area (Å²) in [5.41, 5.74) is 1.49. The van der Waals surface area contributed by atoms with Crippen LogP contribution in [0.5, 0.6) is 5.75 Å². The zero-order valence-electron chi connectivity index (χ0n) is 10.6. The zero-order chi connectivity index (χ0) is 14.7. The van der Waals surface area contributed by atoms with E-state index in [1.54, 1.807) is 6.07 Å². The van der Waals surface area contributed by atoms with Gasteiger partial charge in [0.05, 0.1) is 10.6 Å². The highest BCUT2D eigenvalue weighted by Crippen LogP contribution is 2.32. The third-order valence-corrected chi connectivity index (χ3v) is 2.85. The second-order valence-corrected chi connectivity index (χ2v) is 4.65. The van der Waals surface area contributed by atoms with Gasteiger partial charge < -0.3 is 5.11 Å². The van der Waals surface area contributed by atoms with E-state index in [-0.39, 0.29) is 10.6 Å². The van der Waals surface area contributed by atoms with Crippen LogP contribution in [0.25, 0.3) is 0 Å². The molecule has 0 atom stereocenters. The lowest BCUT2D eigenvalue weighted by Gasteiger charge is -2.01. The topological polar surface area (TPSA) is 75.7 Å². The summed E-state index contributed by atoms with van der Waals surface area (Å²) in [6, 6.07) is 9.94. The molecular formula is C14H11ClN2O3. The highest BCUT2D eigenvalue weighted by atomic mass is 35.5. The SMILES string of the molecule is Cc1cccc(N=Cc2cc(Cl)cc([N+](=O)[O-])c2O)c1. The van der Waals surface area contributed by atoms with Crippen molar-refractivity contribution in [3.8, 4) is 5.75 Å². The first-order chi connectivity index (χ1) is 9.47. The third kappa shape index (κ3) is 3.13. The minimum absolute atomic E-state index is 0.167. The lowest BCUT2D eigenvalue weighted by atomic mass is 10.2. The standard InChI is InChI=1S/C14H11ClN2O3/c1-9-3-2-4-12(5-9)16-8-10-6-11(15)7-13(14(10)18)17(19)20/h2-8,18H,1H3. The molecule has 102 valence electrons. The molecule has 0 aliphatic rings. The number of benzene rings is 2. The summed E-state index contributed by atoms with van der Waals surface area (Å²) in [6.07, 6.45) is 1.35. The van der Waals surface area contributed by atoms with Gasteiger partial charge >= 0.3 is 5.69 Å². The number of hydrogen-bond donors (Lipinski definition) is 1. The summed E-state index contributed by atoms with van der Waals surface area (Å²) < 4.78 is 0. The number of hydrogen-bond acceptors (Lipinski definition) is 4. The molecule has 0 aliphatic carbocycles. The summed E-state index contributed by atoms with van der Waals surface area (Å²) in [4.78, 5) is 14.3. The first-order valence-corrected chi connectivity index (χ1v) is 6.13. The number of aromatic hydroxyl groups is 1. The number of nitro groups is 1. The van der Waals surface area contributed by atoms with Gasteiger partial charge in [0.1, 0.15) is 0 Å². The summed E-state index contributed by atoms with van der Waals surface area (Å²) in [5, 5.41) is 20.8. The molecule has 0 amide bonds. The molecule has 0 saturated heterocycles. The number of phenolic OH excluding ortho intramolecular Hbond substituents is 1. The van der Waals surface area contributed by atoms with Crippen LogP contribution in [0, 0.1) is 17.0 Å². The van der Waals surface area contributed by atoms with Crippen LogP contribution in [0.4, 0.5) is 11.4 Å². The Morgan fingerprint density at radius 1 is 1.35 bits per heavy atom. The maximum Gasteiger partial charge on any atom is 0.312 e. The van der Waals surface area contributed by atoms with E-state index in [9.17, 15) is 15.2 Å². The van der Waals surface area contributed by atoms with Gasteiger partial charge in [-0.15, -0.1) is 0 Å². The number of aliphatic imine (C=N–C) groups is 1. The van der Waals surface area contributed by atoms with Gasteiger partial charge in [0.15, 0.2) is 0 Å². The average Bonchev–Trinajstić information content (AvgIpc) is 2.39. The number of halogens is 1. The zero-order valence-corrected chi connectivity index (χ0v) is 11.3. The van der Waals surface area contributed by atoms with E-state index < -0.39 is 16.4 Å².